The first-order chi connectivity index (χ1) is 12.0. The Morgan fingerprint density at radius 2 is 1.88 bits per heavy atom. The molecule has 0 bridgehead atoms. The maximum Gasteiger partial charge on any atom is 0.203 e. The molecule has 0 fully saturated rings. The van der Waals surface area contributed by atoms with Gasteiger partial charge in [0.1, 0.15) is 0 Å². The summed E-state index contributed by atoms with van der Waals surface area (Å²) in [5.74, 6) is -0.0273. The molecule has 0 aliphatic rings. The van der Waals surface area contributed by atoms with Crippen molar-refractivity contribution in [1.29, 1.82) is 5.41 Å². The molecule has 0 saturated heterocycles. The number of carbonyl (C=O) groups is 1. The zero-order valence-corrected chi connectivity index (χ0v) is 16.3. The first-order valence-corrected chi connectivity index (χ1v) is 9.41. The number of aryl methyl sites for hydroxylation is 1. The number of imidazole rings is 1. The molecule has 0 spiro atoms. The molecule has 0 aliphatic heterocycles. The molecule has 1 heterocycles. The fraction of sp³-hybridized carbons (Fsp3) is 0.263. The fourth-order valence-corrected chi connectivity index (χ4v) is 3.46. The maximum atomic E-state index is 12.7. The van der Waals surface area contributed by atoms with Crippen LogP contribution in [-0.4, -0.2) is 14.9 Å². The number of nitrogens with one attached hydrogen (secondary N) is 1. The Bertz CT molecular complexity index is 973. The summed E-state index contributed by atoms with van der Waals surface area (Å²) < 4.78 is 4.57. The first-order valence-electron chi connectivity index (χ1n) is 8.24. The molecular weight excluding hydrogens is 402 g/mol. The number of nitrogens with zero attached hydrogens (tertiary/aromatic N) is 2. The molecule has 0 saturated carbocycles. The molecule has 3 aromatic rings. The van der Waals surface area contributed by atoms with Crippen molar-refractivity contribution in [2.75, 3.05) is 0 Å². The van der Waals surface area contributed by atoms with Crippen LogP contribution in [0.3, 0.4) is 0 Å². The smallest absolute Gasteiger partial charge is 0.203 e. The lowest BCUT2D eigenvalue weighted by molar-refractivity contribution is 0.0971. The van der Waals surface area contributed by atoms with Gasteiger partial charge in [0.2, 0.25) is 5.62 Å². The van der Waals surface area contributed by atoms with Crippen LogP contribution in [0.2, 0.25) is 5.02 Å². The lowest BCUT2D eigenvalue weighted by atomic mass is 10.1. The topological polar surface area (TPSA) is 50.8 Å². The predicted octanol–water partition coefficient (Wildman–Crippen LogP) is 5.02. The van der Waals surface area contributed by atoms with E-state index >= 15 is 0 Å². The Morgan fingerprint density at radius 1 is 1.16 bits per heavy atom. The number of para-hydroxylation sites is 1. The van der Waals surface area contributed by atoms with Crippen LogP contribution in [0.1, 0.15) is 30.1 Å². The molecular formula is C19H19BrClN3O. The number of Topliss-reactive ketones (excluding diaryl/α,β-unsaturated/α-hetero) is 1. The van der Waals surface area contributed by atoms with Crippen LogP contribution in [0.4, 0.5) is 0 Å². The van der Waals surface area contributed by atoms with Gasteiger partial charge in [0.15, 0.2) is 5.78 Å². The van der Waals surface area contributed by atoms with Crippen molar-refractivity contribution in [3.8, 4) is 0 Å². The quantitative estimate of drug-likeness (QED) is 0.559. The van der Waals surface area contributed by atoms with Crippen LogP contribution in [0.15, 0.2) is 46.9 Å². The highest BCUT2D eigenvalue weighted by atomic mass is 79.9. The summed E-state index contributed by atoms with van der Waals surface area (Å²) in [7, 11) is 0. The number of hydrogen-bond acceptors (Lipinski definition) is 2. The fourth-order valence-electron chi connectivity index (χ4n) is 2.92. The second kappa shape index (κ2) is 7.58. The van der Waals surface area contributed by atoms with E-state index in [9.17, 15) is 4.79 Å². The predicted molar refractivity (Wildman–Crippen MR) is 104 cm³/mol. The van der Waals surface area contributed by atoms with Gasteiger partial charge in [-0.1, -0.05) is 59.1 Å². The number of rotatable bonds is 6. The summed E-state index contributed by atoms with van der Waals surface area (Å²) in [6.07, 6.45) is 1.99. The molecule has 0 radical (unpaired) electrons. The normalized spacial score (nSPS) is 11.2. The average Bonchev–Trinajstić information content (AvgIpc) is 2.87. The number of aromatic nitrogens is 2. The van der Waals surface area contributed by atoms with Gasteiger partial charge in [0, 0.05) is 16.6 Å². The molecule has 2 aromatic carbocycles. The molecule has 1 aromatic heterocycles. The van der Waals surface area contributed by atoms with Crippen molar-refractivity contribution in [3.05, 3.63) is 63.1 Å². The van der Waals surface area contributed by atoms with Gasteiger partial charge in [-0.25, -0.2) is 0 Å². The third kappa shape index (κ3) is 3.58. The number of fused-ring (bicyclic) bond motifs is 1. The summed E-state index contributed by atoms with van der Waals surface area (Å²) in [6.45, 7) is 2.95. The number of carbonyl (C=O) groups excluding carboxylic acids is 1. The third-order valence-electron chi connectivity index (χ3n) is 4.24. The molecule has 0 aliphatic carbocycles. The van der Waals surface area contributed by atoms with Crippen LogP contribution < -0.4 is 5.62 Å². The van der Waals surface area contributed by atoms with Crippen molar-refractivity contribution in [2.45, 2.75) is 32.9 Å². The van der Waals surface area contributed by atoms with Crippen LogP contribution >= 0.6 is 27.5 Å². The molecule has 1 N–H and O–H groups in total. The van der Waals surface area contributed by atoms with E-state index in [2.05, 4.69) is 22.9 Å². The Kier molecular flexibility index (Phi) is 5.45. The molecule has 0 unspecified atom stereocenters. The van der Waals surface area contributed by atoms with Crippen LogP contribution in [0.25, 0.3) is 11.0 Å². The molecule has 130 valence electrons. The number of benzene rings is 2. The van der Waals surface area contributed by atoms with Crippen LogP contribution in [-0.2, 0) is 13.1 Å². The standard InChI is InChI=1S/C19H19BrClN3O/c1-2-3-11-23-18-15(21)5-4-6-16(18)24(19(23)22)12-17(25)13-7-9-14(20)10-8-13/h4-10,22H,2-3,11-12H2,1H3. The highest BCUT2D eigenvalue weighted by Gasteiger charge is 2.16. The van der Waals surface area contributed by atoms with Crippen LogP contribution in [0, 0.1) is 5.41 Å². The highest BCUT2D eigenvalue weighted by Crippen LogP contribution is 2.23. The Labute approximate surface area is 159 Å². The number of ketones is 1. The molecule has 0 atom stereocenters. The lowest BCUT2D eigenvalue weighted by Gasteiger charge is -2.05. The summed E-state index contributed by atoms with van der Waals surface area (Å²) in [5.41, 5.74) is 2.58. The second-order valence-electron chi connectivity index (χ2n) is 5.95. The van der Waals surface area contributed by atoms with Gasteiger partial charge in [-0.05, 0) is 30.7 Å². The van der Waals surface area contributed by atoms with Crippen molar-refractivity contribution in [3.63, 3.8) is 0 Å². The average molecular weight is 421 g/mol. The summed E-state index contributed by atoms with van der Waals surface area (Å²) in [6, 6.07) is 12.9. The monoisotopic (exact) mass is 419 g/mol. The minimum absolute atomic E-state index is 0.0273. The third-order valence-corrected chi connectivity index (χ3v) is 5.07. The minimum Gasteiger partial charge on any atom is -0.309 e. The lowest BCUT2D eigenvalue weighted by Crippen LogP contribution is -2.27. The highest BCUT2D eigenvalue weighted by molar-refractivity contribution is 9.10. The van der Waals surface area contributed by atoms with Gasteiger partial charge >= 0.3 is 0 Å². The van der Waals surface area contributed by atoms with Crippen molar-refractivity contribution in [2.24, 2.45) is 0 Å². The van der Waals surface area contributed by atoms with E-state index in [0.717, 1.165) is 34.9 Å². The summed E-state index contributed by atoms with van der Waals surface area (Å²) in [4.78, 5) is 12.7. The SMILES string of the molecule is CCCCn1c(=N)n(CC(=O)c2ccc(Br)cc2)c2cccc(Cl)c21. The zero-order valence-electron chi connectivity index (χ0n) is 13.9. The minimum atomic E-state index is -0.0273. The summed E-state index contributed by atoms with van der Waals surface area (Å²) in [5, 5.41) is 9.16. The van der Waals surface area contributed by atoms with Gasteiger partial charge < -0.3 is 9.13 Å². The largest absolute Gasteiger partial charge is 0.309 e. The number of hydrogen-bond donors (Lipinski definition) is 1. The van der Waals surface area contributed by atoms with Gasteiger partial charge in [-0.3, -0.25) is 10.2 Å². The number of unbranched alkanes of at least 4 members (excludes halogenated alkanes) is 1. The van der Waals surface area contributed by atoms with E-state index in [1.807, 2.05) is 34.9 Å². The molecule has 25 heavy (non-hydrogen) atoms. The van der Waals surface area contributed by atoms with Crippen LogP contribution in [0.5, 0.6) is 0 Å². The van der Waals surface area contributed by atoms with Crippen molar-refractivity contribution in [1.82, 2.24) is 9.13 Å². The molecule has 0 amide bonds. The van der Waals surface area contributed by atoms with E-state index in [1.165, 1.54) is 0 Å². The second-order valence-corrected chi connectivity index (χ2v) is 7.28. The van der Waals surface area contributed by atoms with Crippen molar-refractivity contribution < 1.29 is 4.79 Å². The molecule has 6 heteroatoms. The van der Waals surface area contributed by atoms with E-state index in [0.29, 0.717) is 16.2 Å². The Morgan fingerprint density at radius 3 is 2.56 bits per heavy atom. The molecule has 4 nitrogen and oxygen atoms in total. The first kappa shape index (κ1) is 18.0. The van der Waals surface area contributed by atoms with E-state index in [-0.39, 0.29) is 12.3 Å². The van der Waals surface area contributed by atoms with Crippen molar-refractivity contribution >= 4 is 44.3 Å². The molecule has 3 rings (SSSR count). The van der Waals surface area contributed by atoms with Gasteiger partial charge in [-0.15, -0.1) is 0 Å². The van der Waals surface area contributed by atoms with E-state index in [1.54, 1.807) is 16.7 Å². The maximum absolute atomic E-state index is 12.7. The number of halogens is 2. The summed E-state index contributed by atoms with van der Waals surface area (Å²) >= 11 is 9.77. The Hall–Kier alpha value is -1.85. The van der Waals surface area contributed by atoms with Gasteiger partial charge in [0.25, 0.3) is 0 Å². The van der Waals surface area contributed by atoms with E-state index < -0.39 is 0 Å². The zero-order chi connectivity index (χ0) is 18.0. The Balaban J connectivity index is 2.05. The van der Waals surface area contributed by atoms with Gasteiger partial charge in [0.05, 0.1) is 22.6 Å². The van der Waals surface area contributed by atoms with E-state index in [4.69, 9.17) is 17.0 Å². The van der Waals surface area contributed by atoms with Gasteiger partial charge in [-0.2, -0.15) is 0 Å².